The van der Waals surface area contributed by atoms with Crippen LogP contribution < -0.4 is 4.74 Å². The van der Waals surface area contributed by atoms with Crippen LogP contribution in [0.3, 0.4) is 0 Å². The summed E-state index contributed by atoms with van der Waals surface area (Å²) in [6, 6.07) is 7.82. The lowest BCUT2D eigenvalue weighted by molar-refractivity contribution is -0.140. The molecule has 0 spiro atoms. The second-order valence-electron chi connectivity index (χ2n) is 4.23. The SMILES string of the molecule is COC(=O)CCCOc1ccc(CCCC=O)cc1. The zero-order valence-corrected chi connectivity index (χ0v) is 11.3. The van der Waals surface area contributed by atoms with E-state index in [4.69, 9.17) is 4.74 Å². The Bertz CT molecular complexity index is 384. The summed E-state index contributed by atoms with van der Waals surface area (Å²) in [5.41, 5.74) is 1.20. The highest BCUT2D eigenvalue weighted by Crippen LogP contribution is 2.14. The number of esters is 1. The number of aldehydes is 1. The summed E-state index contributed by atoms with van der Waals surface area (Å²) in [6.07, 6.45) is 4.35. The minimum absolute atomic E-state index is 0.214. The van der Waals surface area contributed by atoms with Crippen LogP contribution in [-0.4, -0.2) is 26.0 Å². The van der Waals surface area contributed by atoms with Gasteiger partial charge in [-0.05, 0) is 37.0 Å². The Morgan fingerprint density at radius 3 is 2.58 bits per heavy atom. The van der Waals surface area contributed by atoms with Crippen molar-refractivity contribution in [3.63, 3.8) is 0 Å². The van der Waals surface area contributed by atoms with E-state index in [9.17, 15) is 9.59 Å². The van der Waals surface area contributed by atoms with Gasteiger partial charge in [0.15, 0.2) is 0 Å². The monoisotopic (exact) mass is 264 g/mol. The van der Waals surface area contributed by atoms with E-state index >= 15 is 0 Å². The van der Waals surface area contributed by atoms with E-state index in [2.05, 4.69) is 4.74 Å². The highest BCUT2D eigenvalue weighted by molar-refractivity contribution is 5.69. The summed E-state index contributed by atoms with van der Waals surface area (Å²) in [5, 5.41) is 0. The fourth-order valence-corrected chi connectivity index (χ4v) is 1.65. The molecular formula is C15H20O4. The number of hydrogen-bond donors (Lipinski definition) is 0. The maximum atomic E-state index is 10.9. The largest absolute Gasteiger partial charge is 0.494 e. The summed E-state index contributed by atoms with van der Waals surface area (Å²) < 4.78 is 10.1. The quantitative estimate of drug-likeness (QED) is 0.391. The molecule has 0 heterocycles. The lowest BCUT2D eigenvalue weighted by atomic mass is 10.1. The molecule has 0 saturated carbocycles. The number of ether oxygens (including phenoxy) is 2. The Hall–Kier alpha value is -1.84. The first-order valence-corrected chi connectivity index (χ1v) is 6.48. The third-order valence-electron chi connectivity index (χ3n) is 2.73. The van der Waals surface area contributed by atoms with Crippen LogP contribution in [0.15, 0.2) is 24.3 Å². The van der Waals surface area contributed by atoms with Crippen molar-refractivity contribution in [2.24, 2.45) is 0 Å². The third-order valence-corrected chi connectivity index (χ3v) is 2.73. The number of carbonyl (C=O) groups is 2. The summed E-state index contributed by atoms with van der Waals surface area (Å²) in [4.78, 5) is 21.1. The fraction of sp³-hybridized carbons (Fsp3) is 0.467. The Morgan fingerprint density at radius 1 is 1.21 bits per heavy atom. The molecule has 0 aliphatic rings. The van der Waals surface area contributed by atoms with Crippen molar-refractivity contribution in [2.75, 3.05) is 13.7 Å². The predicted molar refractivity (Wildman–Crippen MR) is 72.2 cm³/mol. The standard InChI is InChI=1S/C15H20O4/c1-18-15(17)6-4-12-19-14-9-7-13(8-10-14)5-2-3-11-16/h7-11H,2-6,12H2,1H3. The second-order valence-corrected chi connectivity index (χ2v) is 4.23. The molecule has 1 rings (SSSR count). The van der Waals surface area contributed by atoms with E-state index in [1.807, 2.05) is 24.3 Å². The predicted octanol–water partition coefficient (Wildman–Crippen LogP) is 2.54. The number of carbonyl (C=O) groups excluding carboxylic acids is 2. The molecule has 0 bridgehead atoms. The maximum Gasteiger partial charge on any atom is 0.305 e. The van der Waals surface area contributed by atoms with Crippen molar-refractivity contribution in [1.29, 1.82) is 0 Å². The first-order valence-electron chi connectivity index (χ1n) is 6.48. The lowest BCUT2D eigenvalue weighted by Crippen LogP contribution is -2.04. The Balaban J connectivity index is 2.24. The van der Waals surface area contributed by atoms with Crippen molar-refractivity contribution >= 4 is 12.3 Å². The van der Waals surface area contributed by atoms with E-state index in [1.165, 1.54) is 12.7 Å². The number of methoxy groups -OCH3 is 1. The Morgan fingerprint density at radius 2 is 1.95 bits per heavy atom. The number of hydrogen-bond acceptors (Lipinski definition) is 4. The number of benzene rings is 1. The normalized spacial score (nSPS) is 9.95. The third kappa shape index (κ3) is 6.60. The number of aryl methyl sites for hydroxylation is 1. The molecule has 0 aliphatic heterocycles. The highest BCUT2D eigenvalue weighted by atomic mass is 16.5. The summed E-state index contributed by atoms with van der Waals surface area (Å²) in [5.74, 6) is 0.582. The van der Waals surface area contributed by atoms with Gasteiger partial charge in [-0.3, -0.25) is 4.79 Å². The van der Waals surface area contributed by atoms with E-state index in [0.717, 1.165) is 24.9 Å². The van der Waals surface area contributed by atoms with Gasteiger partial charge in [0.05, 0.1) is 13.7 Å². The van der Waals surface area contributed by atoms with Gasteiger partial charge in [-0.1, -0.05) is 12.1 Å². The molecule has 104 valence electrons. The van der Waals surface area contributed by atoms with Crippen LogP contribution in [0.2, 0.25) is 0 Å². The van der Waals surface area contributed by atoms with Crippen molar-refractivity contribution in [1.82, 2.24) is 0 Å². The second kappa shape index (κ2) is 9.14. The van der Waals surface area contributed by atoms with Crippen molar-refractivity contribution in [3.8, 4) is 5.75 Å². The molecule has 0 aliphatic carbocycles. The molecule has 4 nitrogen and oxygen atoms in total. The molecule has 0 fully saturated rings. The first kappa shape index (κ1) is 15.2. The van der Waals surface area contributed by atoms with Gasteiger partial charge in [-0.25, -0.2) is 0 Å². The van der Waals surface area contributed by atoms with Crippen LogP contribution in [0, 0.1) is 0 Å². The van der Waals surface area contributed by atoms with Gasteiger partial charge < -0.3 is 14.3 Å². The van der Waals surface area contributed by atoms with E-state index in [-0.39, 0.29) is 5.97 Å². The van der Waals surface area contributed by atoms with Crippen molar-refractivity contribution in [3.05, 3.63) is 29.8 Å². The molecule has 0 unspecified atom stereocenters. The molecule has 0 atom stereocenters. The fourth-order valence-electron chi connectivity index (χ4n) is 1.65. The van der Waals surface area contributed by atoms with Gasteiger partial charge in [0, 0.05) is 12.8 Å². The van der Waals surface area contributed by atoms with E-state index in [1.54, 1.807) is 0 Å². The lowest BCUT2D eigenvalue weighted by Gasteiger charge is -2.06. The molecule has 0 saturated heterocycles. The number of rotatable bonds is 9. The minimum atomic E-state index is -0.214. The molecule has 0 aromatic heterocycles. The average Bonchev–Trinajstić information content (AvgIpc) is 2.45. The van der Waals surface area contributed by atoms with Crippen molar-refractivity contribution in [2.45, 2.75) is 32.1 Å². The maximum absolute atomic E-state index is 10.9. The van der Waals surface area contributed by atoms with Crippen LogP contribution >= 0.6 is 0 Å². The summed E-state index contributed by atoms with van der Waals surface area (Å²) >= 11 is 0. The Labute approximate surface area is 113 Å². The molecule has 0 amide bonds. The van der Waals surface area contributed by atoms with Crippen LogP contribution in [-0.2, 0) is 20.7 Å². The van der Waals surface area contributed by atoms with Crippen LogP contribution in [0.4, 0.5) is 0 Å². The topological polar surface area (TPSA) is 52.6 Å². The van der Waals surface area contributed by atoms with Gasteiger partial charge in [0.25, 0.3) is 0 Å². The molecule has 0 radical (unpaired) electrons. The smallest absolute Gasteiger partial charge is 0.305 e. The van der Waals surface area contributed by atoms with Crippen LogP contribution in [0.1, 0.15) is 31.2 Å². The summed E-state index contributed by atoms with van der Waals surface area (Å²) in [7, 11) is 1.38. The molecule has 19 heavy (non-hydrogen) atoms. The van der Waals surface area contributed by atoms with Gasteiger partial charge in [0.1, 0.15) is 12.0 Å². The van der Waals surface area contributed by atoms with Gasteiger partial charge >= 0.3 is 5.97 Å². The van der Waals surface area contributed by atoms with Gasteiger partial charge in [-0.15, -0.1) is 0 Å². The zero-order valence-electron chi connectivity index (χ0n) is 11.3. The van der Waals surface area contributed by atoms with Crippen molar-refractivity contribution < 1.29 is 19.1 Å². The number of unbranched alkanes of at least 4 members (excludes halogenated alkanes) is 1. The molecular weight excluding hydrogens is 244 g/mol. The average molecular weight is 264 g/mol. The first-order chi connectivity index (χ1) is 9.26. The van der Waals surface area contributed by atoms with E-state index < -0.39 is 0 Å². The Kier molecular flexibility index (Phi) is 7.32. The van der Waals surface area contributed by atoms with Crippen LogP contribution in [0.25, 0.3) is 0 Å². The zero-order chi connectivity index (χ0) is 13.9. The molecule has 1 aromatic carbocycles. The van der Waals surface area contributed by atoms with Crippen LogP contribution in [0.5, 0.6) is 5.75 Å². The summed E-state index contributed by atoms with van der Waals surface area (Å²) in [6.45, 7) is 0.500. The minimum Gasteiger partial charge on any atom is -0.494 e. The van der Waals surface area contributed by atoms with E-state index in [0.29, 0.717) is 25.9 Å². The molecule has 1 aromatic rings. The van der Waals surface area contributed by atoms with Gasteiger partial charge in [-0.2, -0.15) is 0 Å². The molecule has 4 heteroatoms. The van der Waals surface area contributed by atoms with Gasteiger partial charge in [0.2, 0.25) is 0 Å². The highest BCUT2D eigenvalue weighted by Gasteiger charge is 2.00. The molecule has 0 N–H and O–H groups in total.